The molecule has 0 heteroatoms. The van der Waals surface area contributed by atoms with Gasteiger partial charge in [0.1, 0.15) is 0 Å². The highest BCUT2D eigenvalue weighted by Crippen LogP contribution is 2.35. The largest absolute Gasteiger partial charge is 0.0807 e. The van der Waals surface area contributed by atoms with Crippen LogP contribution >= 0.6 is 0 Å². The number of allylic oxidation sites excluding steroid dienone is 4. The Kier molecular flexibility index (Phi) is 4.83. The second kappa shape index (κ2) is 5.70. The van der Waals surface area contributed by atoms with E-state index in [2.05, 4.69) is 52.8 Å². The summed E-state index contributed by atoms with van der Waals surface area (Å²) in [5.74, 6) is 1.63. The van der Waals surface area contributed by atoms with Gasteiger partial charge in [-0.25, -0.2) is 0 Å². The molecule has 0 heterocycles. The second-order valence-electron chi connectivity index (χ2n) is 6.32. The van der Waals surface area contributed by atoms with E-state index in [4.69, 9.17) is 0 Å². The smallest absolute Gasteiger partial charge is 0.0167 e. The van der Waals surface area contributed by atoms with Crippen LogP contribution in [0.4, 0.5) is 0 Å². The fourth-order valence-corrected chi connectivity index (χ4v) is 2.68. The predicted octanol–water partition coefficient (Wildman–Crippen LogP) is 5.36. The van der Waals surface area contributed by atoms with E-state index < -0.39 is 0 Å². The van der Waals surface area contributed by atoms with Gasteiger partial charge >= 0.3 is 0 Å². The summed E-state index contributed by atoms with van der Waals surface area (Å²) in [7, 11) is 0. The first-order chi connectivity index (χ1) is 7.46. The summed E-state index contributed by atoms with van der Waals surface area (Å²) in [6.07, 6.45) is 12.3. The molecule has 0 aromatic heterocycles. The van der Waals surface area contributed by atoms with E-state index >= 15 is 0 Å². The van der Waals surface area contributed by atoms with Crippen LogP contribution in [0.15, 0.2) is 23.8 Å². The minimum Gasteiger partial charge on any atom is -0.0807 e. The van der Waals surface area contributed by atoms with Gasteiger partial charge in [0.2, 0.25) is 0 Å². The average molecular weight is 220 g/mol. The SMILES string of the molecule is CCC1=CCC(C(CC)CC(C)(C)C)C=C1. The molecule has 0 aliphatic heterocycles. The van der Waals surface area contributed by atoms with Crippen LogP contribution in [0.3, 0.4) is 0 Å². The fraction of sp³-hybridized carbons (Fsp3) is 0.750. The summed E-state index contributed by atoms with van der Waals surface area (Å²) in [6, 6.07) is 0. The molecular weight excluding hydrogens is 192 g/mol. The third-order valence-corrected chi connectivity index (χ3v) is 3.62. The van der Waals surface area contributed by atoms with Crippen molar-refractivity contribution in [2.75, 3.05) is 0 Å². The topological polar surface area (TPSA) is 0 Å². The molecule has 0 fully saturated rings. The van der Waals surface area contributed by atoms with Gasteiger partial charge in [0.05, 0.1) is 0 Å². The Labute approximate surface area is 102 Å². The van der Waals surface area contributed by atoms with Gasteiger partial charge in [0, 0.05) is 0 Å². The Morgan fingerprint density at radius 1 is 1.31 bits per heavy atom. The molecule has 1 rings (SSSR count). The molecule has 0 aromatic carbocycles. The van der Waals surface area contributed by atoms with Crippen LogP contribution in [0.2, 0.25) is 0 Å². The second-order valence-corrected chi connectivity index (χ2v) is 6.32. The highest BCUT2D eigenvalue weighted by molar-refractivity contribution is 5.23. The van der Waals surface area contributed by atoms with Crippen molar-refractivity contribution >= 4 is 0 Å². The molecule has 0 amide bonds. The zero-order valence-corrected chi connectivity index (χ0v) is 11.7. The minimum absolute atomic E-state index is 0.462. The van der Waals surface area contributed by atoms with Gasteiger partial charge in [-0.05, 0) is 36.5 Å². The Morgan fingerprint density at radius 3 is 2.38 bits per heavy atom. The van der Waals surface area contributed by atoms with Gasteiger partial charge in [-0.2, -0.15) is 0 Å². The number of hydrogen-bond donors (Lipinski definition) is 0. The highest BCUT2D eigenvalue weighted by Gasteiger charge is 2.24. The number of hydrogen-bond acceptors (Lipinski definition) is 0. The standard InChI is InChI=1S/C16H28/c1-6-13-8-10-15(11-9-13)14(7-2)12-16(3,4)5/h8-10,14-15H,6-7,11-12H2,1-5H3. The number of rotatable bonds is 4. The van der Waals surface area contributed by atoms with Gasteiger partial charge in [-0.1, -0.05) is 64.8 Å². The molecule has 92 valence electrons. The van der Waals surface area contributed by atoms with Crippen molar-refractivity contribution in [3.8, 4) is 0 Å². The van der Waals surface area contributed by atoms with Gasteiger partial charge in [-0.3, -0.25) is 0 Å². The molecule has 0 bridgehead atoms. The monoisotopic (exact) mass is 220 g/mol. The molecule has 1 aliphatic carbocycles. The molecule has 0 spiro atoms. The average Bonchev–Trinajstić information content (AvgIpc) is 2.25. The van der Waals surface area contributed by atoms with E-state index in [0.717, 1.165) is 11.8 Å². The molecular formula is C16H28. The molecule has 0 saturated heterocycles. The van der Waals surface area contributed by atoms with Gasteiger partial charge < -0.3 is 0 Å². The molecule has 0 saturated carbocycles. The van der Waals surface area contributed by atoms with Gasteiger partial charge in [-0.15, -0.1) is 0 Å². The van der Waals surface area contributed by atoms with Crippen molar-refractivity contribution in [2.24, 2.45) is 17.3 Å². The highest BCUT2D eigenvalue weighted by atomic mass is 14.3. The molecule has 2 unspecified atom stereocenters. The molecule has 0 aromatic rings. The summed E-state index contributed by atoms with van der Waals surface area (Å²) in [5, 5.41) is 0. The van der Waals surface area contributed by atoms with E-state index in [0.29, 0.717) is 5.41 Å². The summed E-state index contributed by atoms with van der Waals surface area (Å²) in [6.45, 7) is 11.6. The van der Waals surface area contributed by atoms with E-state index in [9.17, 15) is 0 Å². The maximum atomic E-state index is 2.46. The first-order valence-corrected chi connectivity index (χ1v) is 6.83. The molecule has 1 aliphatic rings. The normalized spacial score (nSPS) is 23.1. The van der Waals surface area contributed by atoms with Crippen molar-refractivity contribution in [3.05, 3.63) is 23.8 Å². The van der Waals surface area contributed by atoms with E-state index in [-0.39, 0.29) is 0 Å². The molecule has 2 atom stereocenters. The zero-order valence-electron chi connectivity index (χ0n) is 11.7. The third-order valence-electron chi connectivity index (χ3n) is 3.62. The molecule has 0 N–H and O–H groups in total. The fourth-order valence-electron chi connectivity index (χ4n) is 2.68. The maximum Gasteiger partial charge on any atom is -0.0167 e. The quantitative estimate of drug-likeness (QED) is 0.598. The summed E-state index contributed by atoms with van der Waals surface area (Å²) in [5.41, 5.74) is 1.98. The van der Waals surface area contributed by atoms with E-state index in [1.807, 2.05) is 0 Å². The molecule has 0 radical (unpaired) electrons. The lowest BCUT2D eigenvalue weighted by molar-refractivity contribution is 0.242. The van der Waals surface area contributed by atoms with Crippen LogP contribution in [0.5, 0.6) is 0 Å². The lowest BCUT2D eigenvalue weighted by atomic mass is 9.75. The zero-order chi connectivity index (χ0) is 12.2. The van der Waals surface area contributed by atoms with E-state index in [1.165, 1.54) is 31.3 Å². The van der Waals surface area contributed by atoms with Crippen molar-refractivity contribution in [3.63, 3.8) is 0 Å². The van der Waals surface area contributed by atoms with Crippen molar-refractivity contribution < 1.29 is 0 Å². The maximum absolute atomic E-state index is 2.46. The summed E-state index contributed by atoms with van der Waals surface area (Å²) >= 11 is 0. The van der Waals surface area contributed by atoms with Crippen molar-refractivity contribution in [2.45, 2.75) is 60.3 Å². The predicted molar refractivity (Wildman–Crippen MR) is 73.5 cm³/mol. The van der Waals surface area contributed by atoms with Crippen LogP contribution in [0.1, 0.15) is 60.3 Å². The van der Waals surface area contributed by atoms with Gasteiger partial charge in [0.15, 0.2) is 0 Å². The van der Waals surface area contributed by atoms with Crippen LogP contribution in [-0.4, -0.2) is 0 Å². The van der Waals surface area contributed by atoms with Crippen LogP contribution in [0, 0.1) is 17.3 Å². The Hall–Kier alpha value is -0.520. The van der Waals surface area contributed by atoms with Crippen LogP contribution in [0.25, 0.3) is 0 Å². The first-order valence-electron chi connectivity index (χ1n) is 6.83. The molecule has 16 heavy (non-hydrogen) atoms. The third kappa shape index (κ3) is 4.15. The van der Waals surface area contributed by atoms with Crippen molar-refractivity contribution in [1.82, 2.24) is 0 Å². The summed E-state index contributed by atoms with van der Waals surface area (Å²) < 4.78 is 0. The lowest BCUT2D eigenvalue weighted by Crippen LogP contribution is -2.20. The van der Waals surface area contributed by atoms with Crippen molar-refractivity contribution in [1.29, 1.82) is 0 Å². The van der Waals surface area contributed by atoms with Crippen LogP contribution in [-0.2, 0) is 0 Å². The minimum atomic E-state index is 0.462. The summed E-state index contributed by atoms with van der Waals surface area (Å²) in [4.78, 5) is 0. The Morgan fingerprint density at radius 2 is 2.00 bits per heavy atom. The van der Waals surface area contributed by atoms with Gasteiger partial charge in [0.25, 0.3) is 0 Å². The lowest BCUT2D eigenvalue weighted by Gasteiger charge is -2.31. The van der Waals surface area contributed by atoms with E-state index in [1.54, 1.807) is 0 Å². The Balaban J connectivity index is 2.57. The molecule has 0 nitrogen and oxygen atoms in total. The first kappa shape index (κ1) is 13.5. The Bertz CT molecular complexity index is 262. The van der Waals surface area contributed by atoms with Crippen LogP contribution < -0.4 is 0 Å².